The van der Waals surface area contributed by atoms with Gasteiger partial charge in [0.05, 0.1) is 16.6 Å². The number of alkyl halides is 3. The zero-order chi connectivity index (χ0) is 14.0. The van der Waals surface area contributed by atoms with E-state index in [1.807, 2.05) is 0 Å². The van der Waals surface area contributed by atoms with E-state index in [4.69, 9.17) is 0 Å². The molecule has 6 heteroatoms. The molecule has 0 fully saturated rings. The highest BCUT2D eigenvalue weighted by molar-refractivity contribution is 9.10. The minimum absolute atomic E-state index is 0.0988. The summed E-state index contributed by atoms with van der Waals surface area (Å²) >= 11 is 2.87. The molecule has 2 aromatic rings. The van der Waals surface area contributed by atoms with Gasteiger partial charge in [0, 0.05) is 6.20 Å². The summed E-state index contributed by atoms with van der Waals surface area (Å²) in [5.41, 5.74) is -0.581. The van der Waals surface area contributed by atoms with Gasteiger partial charge in [0.2, 0.25) is 0 Å². The largest absolute Gasteiger partial charge is 0.417 e. The lowest BCUT2D eigenvalue weighted by molar-refractivity contribution is -0.138. The molecule has 2 rings (SSSR count). The molecule has 0 saturated carbocycles. The first-order valence-corrected chi connectivity index (χ1v) is 6.18. The van der Waals surface area contributed by atoms with Gasteiger partial charge in [-0.15, -0.1) is 0 Å². The number of pyridine rings is 1. The van der Waals surface area contributed by atoms with E-state index in [2.05, 4.69) is 15.9 Å². The third kappa shape index (κ3) is 3.26. The number of hydrogen-bond donors (Lipinski definition) is 0. The van der Waals surface area contributed by atoms with E-state index < -0.39 is 17.3 Å². The quantitative estimate of drug-likeness (QED) is 0.822. The maximum Gasteiger partial charge on any atom is 0.417 e. The second-order valence-corrected chi connectivity index (χ2v) is 4.85. The molecule has 0 atom stereocenters. The number of hydrogen-bond acceptors (Lipinski definition) is 1. The minimum atomic E-state index is -4.48. The summed E-state index contributed by atoms with van der Waals surface area (Å²) in [4.78, 5) is 11.8. The van der Waals surface area contributed by atoms with Crippen molar-refractivity contribution in [2.75, 3.05) is 0 Å². The SMILES string of the molecule is O=c1c(Br)cc(C(F)(F)F)cn1Cc1ccccc1. The zero-order valence-electron chi connectivity index (χ0n) is 9.62. The van der Waals surface area contributed by atoms with Gasteiger partial charge >= 0.3 is 6.18 Å². The lowest BCUT2D eigenvalue weighted by atomic mass is 10.2. The van der Waals surface area contributed by atoms with Crippen LogP contribution in [0.15, 0.2) is 51.9 Å². The van der Waals surface area contributed by atoms with Crippen LogP contribution in [0, 0.1) is 0 Å². The smallest absolute Gasteiger partial charge is 0.310 e. The van der Waals surface area contributed by atoms with Gasteiger partial charge < -0.3 is 4.57 Å². The van der Waals surface area contributed by atoms with Gasteiger partial charge in [-0.1, -0.05) is 30.3 Å². The first-order valence-electron chi connectivity index (χ1n) is 5.39. The molecule has 1 aromatic heterocycles. The molecule has 2 nitrogen and oxygen atoms in total. The van der Waals surface area contributed by atoms with Gasteiger partial charge in [0.1, 0.15) is 0 Å². The predicted octanol–water partition coefficient (Wildman–Crippen LogP) is 3.68. The molecule has 0 aliphatic rings. The van der Waals surface area contributed by atoms with Crippen LogP contribution >= 0.6 is 15.9 Å². The van der Waals surface area contributed by atoms with Crippen LogP contribution in [0.3, 0.4) is 0 Å². The van der Waals surface area contributed by atoms with E-state index in [9.17, 15) is 18.0 Å². The summed E-state index contributed by atoms with van der Waals surface area (Å²) in [5, 5.41) is 0. The van der Waals surface area contributed by atoms with Crippen molar-refractivity contribution in [2.24, 2.45) is 0 Å². The molecule has 0 bridgehead atoms. The average molecular weight is 332 g/mol. The minimum Gasteiger partial charge on any atom is -0.310 e. The third-order valence-corrected chi connectivity index (χ3v) is 3.13. The molecule has 0 saturated heterocycles. The fraction of sp³-hybridized carbons (Fsp3) is 0.154. The van der Waals surface area contributed by atoms with Crippen molar-refractivity contribution < 1.29 is 13.2 Å². The number of rotatable bonds is 2. The first-order chi connectivity index (χ1) is 8.88. The fourth-order valence-corrected chi connectivity index (χ4v) is 2.13. The van der Waals surface area contributed by atoms with Crippen molar-refractivity contribution in [3.8, 4) is 0 Å². The lowest BCUT2D eigenvalue weighted by Gasteiger charge is -2.12. The Bertz CT molecular complexity index is 635. The van der Waals surface area contributed by atoms with E-state index in [0.717, 1.165) is 22.4 Å². The highest BCUT2D eigenvalue weighted by Gasteiger charge is 2.31. The number of halogens is 4. The monoisotopic (exact) mass is 331 g/mol. The standard InChI is InChI=1S/C13H9BrF3NO/c14-11-6-10(13(15,16)17)8-18(12(11)19)7-9-4-2-1-3-5-9/h1-6,8H,7H2. The van der Waals surface area contributed by atoms with Gasteiger partial charge in [-0.05, 0) is 27.6 Å². The van der Waals surface area contributed by atoms with Crippen LogP contribution in [0.25, 0.3) is 0 Å². The Morgan fingerprint density at radius 1 is 1.16 bits per heavy atom. The van der Waals surface area contributed by atoms with Gasteiger partial charge in [-0.2, -0.15) is 13.2 Å². The van der Waals surface area contributed by atoms with Gasteiger partial charge in [0.25, 0.3) is 5.56 Å². The normalized spacial score (nSPS) is 11.6. The fourth-order valence-electron chi connectivity index (χ4n) is 1.65. The molecule has 100 valence electrons. The van der Waals surface area contributed by atoms with Crippen LogP contribution in [-0.4, -0.2) is 4.57 Å². The van der Waals surface area contributed by atoms with Gasteiger partial charge in [0.15, 0.2) is 0 Å². The van der Waals surface area contributed by atoms with Crippen molar-refractivity contribution in [1.82, 2.24) is 4.57 Å². The number of nitrogens with zero attached hydrogens (tertiary/aromatic N) is 1. The Labute approximate surface area is 115 Å². The second-order valence-electron chi connectivity index (χ2n) is 3.99. The molecular weight excluding hydrogens is 323 g/mol. The van der Waals surface area contributed by atoms with Crippen LogP contribution in [0.4, 0.5) is 13.2 Å². The summed E-state index contributed by atoms with van der Waals surface area (Å²) in [7, 11) is 0. The van der Waals surface area contributed by atoms with Crippen molar-refractivity contribution >= 4 is 15.9 Å². The third-order valence-electron chi connectivity index (χ3n) is 2.57. The highest BCUT2D eigenvalue weighted by atomic mass is 79.9. The van der Waals surface area contributed by atoms with E-state index >= 15 is 0 Å². The average Bonchev–Trinajstić information content (AvgIpc) is 2.34. The molecule has 1 aromatic carbocycles. The Balaban J connectivity index is 2.46. The van der Waals surface area contributed by atoms with E-state index in [-0.39, 0.29) is 11.0 Å². The van der Waals surface area contributed by atoms with Crippen molar-refractivity contribution in [2.45, 2.75) is 12.7 Å². The molecule has 1 heterocycles. The number of aromatic nitrogens is 1. The van der Waals surface area contributed by atoms with Crippen LogP contribution < -0.4 is 5.56 Å². The van der Waals surface area contributed by atoms with Crippen molar-refractivity contribution in [1.29, 1.82) is 0 Å². The summed E-state index contributed by atoms with van der Waals surface area (Å²) in [6.07, 6.45) is -3.64. The van der Waals surface area contributed by atoms with E-state index in [0.29, 0.717) is 0 Å². The molecule has 0 amide bonds. The summed E-state index contributed by atoms with van der Waals surface area (Å²) in [5.74, 6) is 0. The van der Waals surface area contributed by atoms with Gasteiger partial charge in [-0.3, -0.25) is 4.79 Å². The molecule has 19 heavy (non-hydrogen) atoms. The summed E-state index contributed by atoms with van der Waals surface area (Å²) < 4.78 is 39.0. The predicted molar refractivity (Wildman–Crippen MR) is 68.9 cm³/mol. The Morgan fingerprint density at radius 2 is 1.79 bits per heavy atom. The van der Waals surface area contributed by atoms with Crippen molar-refractivity contribution in [3.05, 3.63) is 68.5 Å². The van der Waals surface area contributed by atoms with Crippen molar-refractivity contribution in [3.63, 3.8) is 0 Å². The van der Waals surface area contributed by atoms with Crippen LogP contribution in [0.5, 0.6) is 0 Å². The molecule has 0 spiro atoms. The number of benzene rings is 1. The Kier molecular flexibility index (Phi) is 3.80. The summed E-state index contributed by atoms with van der Waals surface area (Å²) in [6, 6.07) is 9.63. The lowest BCUT2D eigenvalue weighted by Crippen LogP contribution is -2.23. The van der Waals surface area contributed by atoms with Crippen LogP contribution in [0.1, 0.15) is 11.1 Å². The van der Waals surface area contributed by atoms with E-state index in [1.165, 1.54) is 0 Å². The first kappa shape index (κ1) is 13.9. The zero-order valence-corrected chi connectivity index (χ0v) is 11.2. The van der Waals surface area contributed by atoms with Crippen LogP contribution in [0.2, 0.25) is 0 Å². The maximum absolute atomic E-state index is 12.7. The topological polar surface area (TPSA) is 22.0 Å². The van der Waals surface area contributed by atoms with Crippen LogP contribution in [-0.2, 0) is 12.7 Å². The Hall–Kier alpha value is -1.56. The van der Waals surface area contributed by atoms with E-state index in [1.54, 1.807) is 30.3 Å². The molecule has 0 aliphatic carbocycles. The second kappa shape index (κ2) is 5.21. The molecule has 0 unspecified atom stereocenters. The Morgan fingerprint density at radius 3 is 2.37 bits per heavy atom. The molecule has 0 radical (unpaired) electrons. The molecule has 0 N–H and O–H groups in total. The van der Waals surface area contributed by atoms with Gasteiger partial charge in [-0.25, -0.2) is 0 Å². The molecular formula is C13H9BrF3NO. The maximum atomic E-state index is 12.7. The molecule has 0 aliphatic heterocycles. The summed E-state index contributed by atoms with van der Waals surface area (Å²) in [6.45, 7) is 0.0994. The highest BCUT2D eigenvalue weighted by Crippen LogP contribution is 2.29.